The second-order valence-corrected chi connectivity index (χ2v) is 6.04. The van der Waals surface area contributed by atoms with E-state index in [0.717, 1.165) is 18.4 Å². The molecule has 0 radical (unpaired) electrons. The molecule has 2 amide bonds. The maximum absolute atomic E-state index is 11.9. The third-order valence-corrected chi connectivity index (χ3v) is 4.48. The van der Waals surface area contributed by atoms with Crippen LogP contribution in [-0.4, -0.2) is 44.7 Å². The molecule has 1 aliphatic rings. The van der Waals surface area contributed by atoms with E-state index in [0.29, 0.717) is 24.8 Å². The van der Waals surface area contributed by atoms with E-state index >= 15 is 0 Å². The van der Waals surface area contributed by atoms with Crippen molar-refractivity contribution in [3.63, 3.8) is 0 Å². The number of ether oxygens (including phenoxy) is 1. The molecule has 6 nitrogen and oxygen atoms in total. The normalized spacial score (nSPS) is 15.9. The van der Waals surface area contributed by atoms with Crippen LogP contribution >= 0.6 is 24.0 Å². The van der Waals surface area contributed by atoms with E-state index < -0.39 is 0 Å². The fraction of sp³-hybridized carbons (Fsp3) is 0.500. The van der Waals surface area contributed by atoms with Gasteiger partial charge in [0.2, 0.25) is 11.8 Å². The van der Waals surface area contributed by atoms with Crippen molar-refractivity contribution in [3.8, 4) is 0 Å². The number of nitrogens with one attached hydrogen (secondary N) is 2. The number of rotatable bonds is 6. The van der Waals surface area contributed by atoms with E-state index in [4.69, 9.17) is 22.1 Å². The Morgan fingerprint density at radius 2 is 1.83 bits per heavy atom. The molecule has 0 spiro atoms. The van der Waals surface area contributed by atoms with Gasteiger partial charge in [-0.3, -0.25) is 9.59 Å². The number of halogens is 2. The van der Waals surface area contributed by atoms with Crippen molar-refractivity contribution in [3.05, 3.63) is 34.9 Å². The largest absolute Gasteiger partial charge is 0.381 e. The summed E-state index contributed by atoms with van der Waals surface area (Å²) in [7, 11) is 0. The van der Waals surface area contributed by atoms with Crippen LogP contribution in [0.15, 0.2) is 24.3 Å². The number of nitrogens with two attached hydrogens (primary N) is 1. The molecule has 1 aromatic rings. The fourth-order valence-corrected chi connectivity index (χ4v) is 3.11. The van der Waals surface area contributed by atoms with Gasteiger partial charge in [-0.15, -0.1) is 12.4 Å². The van der Waals surface area contributed by atoms with E-state index in [9.17, 15) is 9.59 Å². The average Bonchev–Trinajstić information content (AvgIpc) is 2.59. The molecular formula is C16H23Cl2N3O3. The van der Waals surface area contributed by atoms with Crippen molar-refractivity contribution in [2.75, 3.05) is 32.8 Å². The van der Waals surface area contributed by atoms with E-state index in [1.165, 1.54) is 0 Å². The van der Waals surface area contributed by atoms with Gasteiger partial charge in [0, 0.05) is 30.2 Å². The Morgan fingerprint density at radius 1 is 1.17 bits per heavy atom. The molecule has 8 heteroatoms. The van der Waals surface area contributed by atoms with Crippen LogP contribution in [0.5, 0.6) is 0 Å². The van der Waals surface area contributed by atoms with Crippen molar-refractivity contribution in [2.45, 2.75) is 18.3 Å². The minimum Gasteiger partial charge on any atom is -0.381 e. The zero-order chi connectivity index (χ0) is 16.7. The van der Waals surface area contributed by atoms with E-state index in [1.54, 1.807) is 0 Å². The summed E-state index contributed by atoms with van der Waals surface area (Å²) < 4.78 is 5.46. The lowest BCUT2D eigenvalue weighted by Crippen LogP contribution is -2.47. The lowest BCUT2D eigenvalue weighted by atomic mass is 9.74. The molecule has 134 valence electrons. The van der Waals surface area contributed by atoms with Crippen LogP contribution in [0.2, 0.25) is 5.02 Å². The maximum Gasteiger partial charge on any atom is 0.239 e. The van der Waals surface area contributed by atoms with Crippen LogP contribution < -0.4 is 16.4 Å². The molecule has 0 atom stereocenters. The van der Waals surface area contributed by atoms with Crippen LogP contribution in [0.4, 0.5) is 0 Å². The topological polar surface area (TPSA) is 93.5 Å². The second-order valence-electron chi connectivity index (χ2n) is 5.63. The van der Waals surface area contributed by atoms with Crippen molar-refractivity contribution in [2.24, 2.45) is 5.73 Å². The van der Waals surface area contributed by atoms with Crippen LogP contribution in [0.1, 0.15) is 18.4 Å². The first-order chi connectivity index (χ1) is 11.1. The number of hydrogen-bond donors (Lipinski definition) is 3. The van der Waals surface area contributed by atoms with Crippen LogP contribution in [0, 0.1) is 0 Å². The highest BCUT2D eigenvalue weighted by Crippen LogP contribution is 2.38. The summed E-state index contributed by atoms with van der Waals surface area (Å²) in [4.78, 5) is 23.0. The predicted molar refractivity (Wildman–Crippen MR) is 95.5 cm³/mol. The first kappa shape index (κ1) is 20.7. The van der Waals surface area contributed by atoms with Crippen LogP contribution in [0.3, 0.4) is 0 Å². The summed E-state index contributed by atoms with van der Waals surface area (Å²) in [5, 5.41) is 6.04. The summed E-state index contributed by atoms with van der Waals surface area (Å²) >= 11 is 6.36. The van der Waals surface area contributed by atoms with Crippen molar-refractivity contribution in [1.82, 2.24) is 10.6 Å². The van der Waals surface area contributed by atoms with Gasteiger partial charge in [0.1, 0.15) is 0 Å². The van der Waals surface area contributed by atoms with Crippen molar-refractivity contribution < 1.29 is 14.3 Å². The summed E-state index contributed by atoms with van der Waals surface area (Å²) in [6, 6.07) is 7.69. The SMILES string of the molecule is Cl.NCC(=O)NCC(=O)NCC1(c2ccccc2Cl)CCOCC1. The zero-order valence-electron chi connectivity index (χ0n) is 13.3. The van der Waals surface area contributed by atoms with Gasteiger partial charge in [0.15, 0.2) is 0 Å². The minimum atomic E-state index is -0.355. The first-order valence-electron chi connectivity index (χ1n) is 7.64. The van der Waals surface area contributed by atoms with Gasteiger partial charge in [-0.1, -0.05) is 29.8 Å². The van der Waals surface area contributed by atoms with Gasteiger partial charge in [0.05, 0.1) is 13.1 Å². The number of benzene rings is 1. The van der Waals surface area contributed by atoms with Gasteiger partial charge < -0.3 is 21.1 Å². The Morgan fingerprint density at radius 3 is 2.46 bits per heavy atom. The molecule has 0 unspecified atom stereocenters. The maximum atomic E-state index is 11.9. The molecule has 4 N–H and O–H groups in total. The van der Waals surface area contributed by atoms with Crippen LogP contribution in [-0.2, 0) is 19.7 Å². The summed E-state index contributed by atoms with van der Waals surface area (Å²) in [5.74, 6) is -0.600. The highest BCUT2D eigenvalue weighted by atomic mass is 35.5. The molecule has 24 heavy (non-hydrogen) atoms. The number of carbonyl (C=O) groups is 2. The number of hydrogen-bond acceptors (Lipinski definition) is 4. The molecule has 0 aliphatic carbocycles. The molecule has 1 fully saturated rings. The van der Waals surface area contributed by atoms with Crippen LogP contribution in [0.25, 0.3) is 0 Å². The van der Waals surface area contributed by atoms with Gasteiger partial charge in [-0.25, -0.2) is 0 Å². The van der Waals surface area contributed by atoms with Crippen molar-refractivity contribution >= 4 is 35.8 Å². The standard InChI is InChI=1S/C16H22ClN3O3.ClH/c17-13-4-2-1-3-12(13)16(5-7-23-8-6-16)11-20-15(22)10-19-14(21)9-18;/h1-4H,5-11,18H2,(H,19,21)(H,20,22);1H. The molecule has 0 saturated carbocycles. The van der Waals surface area contributed by atoms with Crippen molar-refractivity contribution in [1.29, 1.82) is 0 Å². The molecule has 1 aliphatic heterocycles. The third-order valence-electron chi connectivity index (χ3n) is 4.15. The van der Waals surface area contributed by atoms with E-state index in [1.807, 2.05) is 24.3 Å². The lowest BCUT2D eigenvalue weighted by molar-refractivity contribution is -0.125. The Balaban J connectivity index is 0.00000288. The highest BCUT2D eigenvalue weighted by molar-refractivity contribution is 6.31. The Hall–Kier alpha value is -1.34. The van der Waals surface area contributed by atoms with E-state index in [2.05, 4.69) is 10.6 Å². The number of carbonyl (C=O) groups excluding carboxylic acids is 2. The van der Waals surface area contributed by atoms with Gasteiger partial charge in [-0.2, -0.15) is 0 Å². The number of amides is 2. The Kier molecular flexibility index (Phi) is 8.48. The molecular weight excluding hydrogens is 353 g/mol. The first-order valence-corrected chi connectivity index (χ1v) is 8.01. The molecule has 1 aromatic carbocycles. The molecule has 1 heterocycles. The third kappa shape index (κ3) is 5.34. The molecule has 1 saturated heterocycles. The summed E-state index contributed by atoms with van der Waals surface area (Å²) in [6.07, 6.45) is 1.57. The quantitative estimate of drug-likeness (QED) is 0.691. The summed E-state index contributed by atoms with van der Waals surface area (Å²) in [6.45, 7) is 1.51. The highest BCUT2D eigenvalue weighted by Gasteiger charge is 2.36. The lowest BCUT2D eigenvalue weighted by Gasteiger charge is -2.38. The Labute approximate surface area is 152 Å². The van der Waals surface area contributed by atoms with Gasteiger partial charge in [0.25, 0.3) is 0 Å². The fourth-order valence-electron chi connectivity index (χ4n) is 2.78. The summed E-state index contributed by atoms with van der Waals surface area (Å²) in [5.41, 5.74) is 5.97. The van der Waals surface area contributed by atoms with E-state index in [-0.39, 0.29) is 42.7 Å². The van der Waals surface area contributed by atoms with Gasteiger partial charge in [-0.05, 0) is 24.5 Å². The molecule has 0 aromatic heterocycles. The Bertz CT molecular complexity index is 563. The van der Waals surface area contributed by atoms with Gasteiger partial charge >= 0.3 is 0 Å². The molecule has 0 bridgehead atoms. The monoisotopic (exact) mass is 375 g/mol. The predicted octanol–water partition coefficient (Wildman–Crippen LogP) is 1.00. The zero-order valence-corrected chi connectivity index (χ0v) is 14.9. The smallest absolute Gasteiger partial charge is 0.239 e. The average molecular weight is 376 g/mol. The minimum absolute atomic E-state index is 0. The second kappa shape index (κ2) is 9.84. The molecule has 2 rings (SSSR count).